The third-order valence-corrected chi connectivity index (χ3v) is 2.91. The Balaban J connectivity index is 1.93. The number of ether oxygens (including phenoxy) is 1. The monoisotopic (exact) mass is 272 g/mol. The van der Waals surface area contributed by atoms with E-state index in [2.05, 4.69) is 10.0 Å². The maximum atomic E-state index is 10.8. The maximum absolute atomic E-state index is 10.8. The molecule has 0 saturated heterocycles. The summed E-state index contributed by atoms with van der Waals surface area (Å²) in [5.41, 5.74) is 0. The van der Waals surface area contributed by atoms with Crippen molar-refractivity contribution in [1.82, 2.24) is 10.0 Å². The lowest BCUT2D eigenvalue weighted by Gasteiger charge is -2.07. The Morgan fingerprint density at radius 1 is 1.11 bits per heavy atom. The van der Waals surface area contributed by atoms with Crippen molar-refractivity contribution in [2.24, 2.45) is 0 Å². The van der Waals surface area contributed by atoms with Gasteiger partial charge in [0, 0.05) is 13.1 Å². The molecule has 6 heteroatoms. The van der Waals surface area contributed by atoms with Crippen molar-refractivity contribution < 1.29 is 13.2 Å². The van der Waals surface area contributed by atoms with Crippen LogP contribution in [0.4, 0.5) is 0 Å². The lowest BCUT2D eigenvalue weighted by atomic mass is 10.3. The average Bonchev–Trinajstić information content (AvgIpc) is 2.32. The van der Waals surface area contributed by atoms with Crippen LogP contribution < -0.4 is 14.8 Å². The first-order valence-corrected chi connectivity index (χ1v) is 7.80. The fourth-order valence-electron chi connectivity index (χ4n) is 1.35. The Bertz CT molecular complexity index is 420. The second kappa shape index (κ2) is 8.07. The predicted molar refractivity (Wildman–Crippen MR) is 72.3 cm³/mol. The predicted octanol–water partition coefficient (Wildman–Crippen LogP) is 0.594. The van der Waals surface area contributed by atoms with E-state index in [1.807, 2.05) is 30.3 Å². The number of rotatable bonds is 9. The molecule has 0 amide bonds. The molecule has 0 aliphatic rings. The van der Waals surface area contributed by atoms with Crippen LogP contribution in [-0.2, 0) is 10.0 Å². The van der Waals surface area contributed by atoms with Crippen LogP contribution in [0.2, 0.25) is 0 Å². The van der Waals surface area contributed by atoms with Crippen molar-refractivity contribution in [1.29, 1.82) is 0 Å². The third kappa shape index (κ3) is 8.05. The van der Waals surface area contributed by atoms with Gasteiger partial charge in [-0.15, -0.1) is 0 Å². The molecule has 0 radical (unpaired) electrons. The largest absolute Gasteiger partial charge is 0.492 e. The summed E-state index contributed by atoms with van der Waals surface area (Å²) in [5, 5.41) is 3.18. The number of nitrogens with one attached hydrogen (secondary N) is 2. The minimum atomic E-state index is -3.06. The Morgan fingerprint density at radius 2 is 1.83 bits per heavy atom. The second-order valence-corrected chi connectivity index (χ2v) is 5.76. The number of sulfonamides is 1. The highest BCUT2D eigenvalue weighted by molar-refractivity contribution is 7.88. The summed E-state index contributed by atoms with van der Waals surface area (Å²) < 4.78 is 29.5. The van der Waals surface area contributed by atoms with Crippen LogP contribution in [0.1, 0.15) is 6.42 Å². The summed E-state index contributed by atoms with van der Waals surface area (Å²) in [6, 6.07) is 9.63. The smallest absolute Gasteiger partial charge is 0.208 e. The molecular formula is C12H20N2O3S. The van der Waals surface area contributed by atoms with Crippen LogP contribution in [0.25, 0.3) is 0 Å². The summed E-state index contributed by atoms with van der Waals surface area (Å²) in [4.78, 5) is 0. The standard InChI is InChI=1S/C12H20N2O3S/c1-18(15,16)14-9-5-8-13-10-11-17-12-6-3-2-4-7-12/h2-4,6-7,13-14H,5,8-11H2,1H3. The van der Waals surface area contributed by atoms with Crippen molar-refractivity contribution in [2.75, 3.05) is 32.5 Å². The molecule has 0 unspecified atom stereocenters. The van der Waals surface area contributed by atoms with Gasteiger partial charge >= 0.3 is 0 Å². The lowest BCUT2D eigenvalue weighted by molar-refractivity contribution is 0.314. The number of benzene rings is 1. The summed E-state index contributed by atoms with van der Waals surface area (Å²) in [6.07, 6.45) is 1.92. The number of hydrogen-bond acceptors (Lipinski definition) is 4. The fraction of sp³-hybridized carbons (Fsp3) is 0.500. The summed E-state index contributed by atoms with van der Waals surface area (Å²) in [5.74, 6) is 0.859. The van der Waals surface area contributed by atoms with Gasteiger partial charge in [0.2, 0.25) is 10.0 Å². The number of hydrogen-bond donors (Lipinski definition) is 2. The quantitative estimate of drug-likeness (QED) is 0.646. The molecule has 0 atom stereocenters. The van der Waals surface area contributed by atoms with E-state index in [9.17, 15) is 8.42 Å². The van der Waals surface area contributed by atoms with Gasteiger partial charge in [-0.1, -0.05) is 18.2 Å². The van der Waals surface area contributed by atoms with Crippen molar-refractivity contribution >= 4 is 10.0 Å². The highest BCUT2D eigenvalue weighted by Gasteiger charge is 1.98. The topological polar surface area (TPSA) is 67.4 Å². The molecule has 5 nitrogen and oxygen atoms in total. The van der Waals surface area contributed by atoms with E-state index < -0.39 is 10.0 Å². The molecule has 0 fully saturated rings. The van der Waals surface area contributed by atoms with E-state index in [0.29, 0.717) is 13.2 Å². The van der Waals surface area contributed by atoms with Crippen LogP contribution in [0.3, 0.4) is 0 Å². The molecule has 1 rings (SSSR count). The molecule has 0 saturated carbocycles. The highest BCUT2D eigenvalue weighted by Crippen LogP contribution is 2.07. The van der Waals surface area contributed by atoms with Gasteiger partial charge in [0.05, 0.1) is 6.26 Å². The summed E-state index contributed by atoms with van der Waals surface area (Å²) in [7, 11) is -3.06. The second-order valence-electron chi connectivity index (χ2n) is 3.93. The minimum Gasteiger partial charge on any atom is -0.492 e. The van der Waals surface area contributed by atoms with Crippen molar-refractivity contribution in [3.8, 4) is 5.75 Å². The van der Waals surface area contributed by atoms with Gasteiger partial charge in [-0.05, 0) is 25.1 Å². The SMILES string of the molecule is CS(=O)(=O)NCCCNCCOc1ccccc1. The molecular weight excluding hydrogens is 252 g/mol. The van der Waals surface area contributed by atoms with E-state index in [1.165, 1.54) is 0 Å². The Morgan fingerprint density at radius 3 is 2.50 bits per heavy atom. The van der Waals surface area contributed by atoms with E-state index in [4.69, 9.17) is 4.74 Å². The first-order chi connectivity index (χ1) is 8.58. The zero-order chi connectivity index (χ0) is 13.3. The van der Waals surface area contributed by atoms with Gasteiger partial charge in [0.1, 0.15) is 12.4 Å². The zero-order valence-electron chi connectivity index (χ0n) is 10.6. The van der Waals surface area contributed by atoms with Gasteiger partial charge in [0.25, 0.3) is 0 Å². The molecule has 1 aromatic rings. The zero-order valence-corrected chi connectivity index (χ0v) is 11.4. The van der Waals surface area contributed by atoms with E-state index >= 15 is 0 Å². The van der Waals surface area contributed by atoms with E-state index in [-0.39, 0.29) is 0 Å². The summed E-state index contributed by atoms with van der Waals surface area (Å²) in [6.45, 7) is 2.57. The lowest BCUT2D eigenvalue weighted by Crippen LogP contribution is -2.28. The average molecular weight is 272 g/mol. The maximum Gasteiger partial charge on any atom is 0.208 e. The normalized spacial score (nSPS) is 11.4. The van der Waals surface area contributed by atoms with E-state index in [0.717, 1.165) is 31.5 Å². The minimum absolute atomic E-state index is 0.464. The molecule has 0 aliphatic heterocycles. The van der Waals surface area contributed by atoms with Crippen LogP contribution in [-0.4, -0.2) is 40.9 Å². The van der Waals surface area contributed by atoms with Crippen molar-refractivity contribution in [3.63, 3.8) is 0 Å². The van der Waals surface area contributed by atoms with Crippen LogP contribution in [0.5, 0.6) is 5.75 Å². The Kier molecular flexibility index (Phi) is 6.70. The molecule has 0 aromatic heterocycles. The Hall–Kier alpha value is -1.11. The molecule has 0 aliphatic carbocycles. The fourth-order valence-corrected chi connectivity index (χ4v) is 1.87. The van der Waals surface area contributed by atoms with Crippen LogP contribution in [0, 0.1) is 0 Å². The van der Waals surface area contributed by atoms with Gasteiger partial charge in [-0.3, -0.25) is 0 Å². The van der Waals surface area contributed by atoms with Crippen molar-refractivity contribution in [2.45, 2.75) is 6.42 Å². The number of para-hydroxylation sites is 1. The van der Waals surface area contributed by atoms with Gasteiger partial charge in [-0.25, -0.2) is 13.1 Å². The van der Waals surface area contributed by atoms with E-state index in [1.54, 1.807) is 0 Å². The molecule has 18 heavy (non-hydrogen) atoms. The van der Waals surface area contributed by atoms with Gasteiger partial charge < -0.3 is 10.1 Å². The highest BCUT2D eigenvalue weighted by atomic mass is 32.2. The Labute approximate surface area is 109 Å². The molecule has 0 bridgehead atoms. The van der Waals surface area contributed by atoms with Crippen LogP contribution >= 0.6 is 0 Å². The first kappa shape index (κ1) is 14.9. The molecule has 2 N–H and O–H groups in total. The summed E-state index contributed by atoms with van der Waals surface area (Å²) >= 11 is 0. The van der Waals surface area contributed by atoms with Crippen molar-refractivity contribution in [3.05, 3.63) is 30.3 Å². The first-order valence-electron chi connectivity index (χ1n) is 5.91. The molecule has 0 spiro atoms. The van der Waals surface area contributed by atoms with Crippen LogP contribution in [0.15, 0.2) is 30.3 Å². The molecule has 1 aromatic carbocycles. The molecule has 0 heterocycles. The third-order valence-electron chi connectivity index (χ3n) is 2.19. The molecule has 102 valence electrons. The van der Waals surface area contributed by atoms with Gasteiger partial charge in [0.15, 0.2) is 0 Å². The van der Waals surface area contributed by atoms with Gasteiger partial charge in [-0.2, -0.15) is 0 Å².